The summed E-state index contributed by atoms with van der Waals surface area (Å²) >= 11 is 0. The summed E-state index contributed by atoms with van der Waals surface area (Å²) in [6.07, 6.45) is 3.66. The predicted molar refractivity (Wildman–Crippen MR) is 76.0 cm³/mol. The number of hydrogen-bond donors (Lipinski definition) is 2. The van der Waals surface area contributed by atoms with Crippen molar-refractivity contribution in [3.63, 3.8) is 0 Å². The molecule has 1 aromatic heterocycles. The minimum absolute atomic E-state index is 0.743. The van der Waals surface area contributed by atoms with Crippen molar-refractivity contribution in [3.05, 3.63) is 11.9 Å². The lowest BCUT2D eigenvalue weighted by Gasteiger charge is -2.13. The molecule has 1 aliphatic rings. The molecule has 0 spiro atoms. The fourth-order valence-electron chi connectivity index (χ4n) is 2.11. The molecule has 4 heteroatoms. The first-order chi connectivity index (χ1) is 8.72. The Morgan fingerprint density at radius 3 is 2.44 bits per heavy atom. The van der Waals surface area contributed by atoms with E-state index in [0.29, 0.717) is 0 Å². The zero-order valence-electron chi connectivity index (χ0n) is 11.7. The molecule has 0 bridgehead atoms. The molecule has 1 aromatic rings. The van der Waals surface area contributed by atoms with Crippen LogP contribution >= 0.6 is 0 Å². The van der Waals surface area contributed by atoms with Gasteiger partial charge in [-0.25, -0.2) is 9.97 Å². The lowest BCUT2D eigenvalue weighted by Crippen LogP contribution is -2.15. The van der Waals surface area contributed by atoms with Gasteiger partial charge in [-0.1, -0.05) is 13.8 Å². The summed E-state index contributed by atoms with van der Waals surface area (Å²) in [5, 5.41) is 6.70. The average molecular weight is 248 g/mol. The summed E-state index contributed by atoms with van der Waals surface area (Å²) in [5.41, 5.74) is 0. The molecule has 0 amide bonds. The van der Waals surface area contributed by atoms with E-state index in [4.69, 9.17) is 0 Å². The molecule has 1 fully saturated rings. The Morgan fingerprint density at radius 2 is 1.89 bits per heavy atom. The molecule has 4 nitrogen and oxygen atoms in total. The van der Waals surface area contributed by atoms with E-state index in [-0.39, 0.29) is 0 Å². The van der Waals surface area contributed by atoms with E-state index in [1.165, 1.54) is 12.8 Å². The maximum atomic E-state index is 4.52. The Hall–Kier alpha value is -1.32. The molecule has 0 radical (unpaired) electrons. The van der Waals surface area contributed by atoms with Crippen molar-refractivity contribution in [2.24, 2.45) is 11.8 Å². The van der Waals surface area contributed by atoms with Gasteiger partial charge >= 0.3 is 0 Å². The van der Waals surface area contributed by atoms with Crippen LogP contribution in [0.4, 0.5) is 11.6 Å². The van der Waals surface area contributed by atoms with Crippen LogP contribution in [0.25, 0.3) is 0 Å². The van der Waals surface area contributed by atoms with Crippen molar-refractivity contribution in [2.75, 3.05) is 23.7 Å². The Morgan fingerprint density at radius 1 is 1.22 bits per heavy atom. The Labute approximate surface area is 110 Å². The van der Waals surface area contributed by atoms with Crippen LogP contribution in [0.1, 0.15) is 39.4 Å². The van der Waals surface area contributed by atoms with Gasteiger partial charge in [0.1, 0.15) is 17.5 Å². The number of hydrogen-bond acceptors (Lipinski definition) is 4. The predicted octanol–water partition coefficient (Wildman–Crippen LogP) is 2.93. The van der Waals surface area contributed by atoms with Crippen molar-refractivity contribution < 1.29 is 0 Å². The number of nitrogens with zero attached hydrogens (tertiary/aromatic N) is 2. The van der Waals surface area contributed by atoms with Crippen LogP contribution < -0.4 is 10.6 Å². The van der Waals surface area contributed by atoms with Gasteiger partial charge in [-0.05, 0) is 31.6 Å². The van der Waals surface area contributed by atoms with Gasteiger partial charge in [-0.2, -0.15) is 0 Å². The highest BCUT2D eigenvalue weighted by atomic mass is 15.1. The second kappa shape index (κ2) is 6.03. The van der Waals surface area contributed by atoms with Gasteiger partial charge in [0, 0.05) is 25.6 Å². The van der Waals surface area contributed by atoms with Gasteiger partial charge < -0.3 is 10.6 Å². The zero-order valence-corrected chi connectivity index (χ0v) is 11.7. The molecule has 1 unspecified atom stereocenters. The third-order valence-corrected chi connectivity index (χ3v) is 3.48. The topological polar surface area (TPSA) is 49.8 Å². The van der Waals surface area contributed by atoms with Gasteiger partial charge in [-0.3, -0.25) is 0 Å². The summed E-state index contributed by atoms with van der Waals surface area (Å²) in [7, 11) is 0. The lowest BCUT2D eigenvalue weighted by molar-refractivity contribution is 0.536. The minimum atomic E-state index is 0.743. The van der Waals surface area contributed by atoms with Crippen molar-refractivity contribution in [1.82, 2.24) is 9.97 Å². The second-order valence-corrected chi connectivity index (χ2v) is 5.13. The number of aryl methyl sites for hydroxylation is 1. The Kier molecular flexibility index (Phi) is 4.39. The van der Waals surface area contributed by atoms with Crippen LogP contribution in [0.5, 0.6) is 0 Å². The molecule has 1 heterocycles. The van der Waals surface area contributed by atoms with Crippen LogP contribution in [-0.2, 0) is 6.42 Å². The first-order valence-electron chi connectivity index (χ1n) is 7.08. The van der Waals surface area contributed by atoms with Gasteiger partial charge in [0.25, 0.3) is 0 Å². The lowest BCUT2D eigenvalue weighted by atomic mass is 10.1. The molecule has 1 saturated carbocycles. The molecule has 2 N–H and O–H groups in total. The largest absolute Gasteiger partial charge is 0.370 e. The quantitative estimate of drug-likeness (QED) is 0.779. The standard InChI is InChI=1S/C14H24N4/c1-4-12-17-13(15-5-2)8-14(18-12)16-9-10(3)11-6-7-11/h8,10-11H,4-7,9H2,1-3H3,(H2,15,16,17,18). The van der Waals surface area contributed by atoms with E-state index in [2.05, 4.69) is 41.4 Å². The highest BCUT2D eigenvalue weighted by Gasteiger charge is 2.27. The van der Waals surface area contributed by atoms with Crippen molar-refractivity contribution in [2.45, 2.75) is 40.0 Å². The van der Waals surface area contributed by atoms with Crippen molar-refractivity contribution >= 4 is 11.6 Å². The molecule has 2 rings (SSSR count). The fraction of sp³-hybridized carbons (Fsp3) is 0.714. The van der Waals surface area contributed by atoms with Gasteiger partial charge in [0.2, 0.25) is 0 Å². The highest BCUT2D eigenvalue weighted by molar-refractivity contribution is 5.47. The monoisotopic (exact) mass is 248 g/mol. The van der Waals surface area contributed by atoms with Crippen LogP contribution in [0, 0.1) is 11.8 Å². The van der Waals surface area contributed by atoms with E-state index in [0.717, 1.165) is 48.8 Å². The Balaban J connectivity index is 1.98. The van der Waals surface area contributed by atoms with E-state index >= 15 is 0 Å². The van der Waals surface area contributed by atoms with Gasteiger partial charge in [0.15, 0.2) is 0 Å². The van der Waals surface area contributed by atoms with Gasteiger partial charge in [0.05, 0.1) is 0 Å². The van der Waals surface area contributed by atoms with Crippen LogP contribution in [-0.4, -0.2) is 23.1 Å². The summed E-state index contributed by atoms with van der Waals surface area (Å²) in [5.74, 6) is 4.44. The van der Waals surface area contributed by atoms with E-state index in [1.54, 1.807) is 0 Å². The molecule has 100 valence electrons. The molecule has 18 heavy (non-hydrogen) atoms. The Bertz CT molecular complexity index is 387. The number of rotatable bonds is 7. The molecular weight excluding hydrogens is 224 g/mol. The number of aromatic nitrogens is 2. The summed E-state index contributed by atoms with van der Waals surface area (Å²) in [6, 6.07) is 2.00. The van der Waals surface area contributed by atoms with Crippen LogP contribution in [0.3, 0.4) is 0 Å². The number of anilines is 2. The van der Waals surface area contributed by atoms with E-state index in [1.807, 2.05) is 6.07 Å². The molecule has 1 aliphatic carbocycles. The first-order valence-corrected chi connectivity index (χ1v) is 7.08. The molecule has 0 aromatic carbocycles. The maximum absolute atomic E-state index is 4.52. The molecule has 1 atom stereocenters. The third-order valence-electron chi connectivity index (χ3n) is 3.48. The smallest absolute Gasteiger partial charge is 0.132 e. The summed E-state index contributed by atoms with van der Waals surface area (Å²) in [4.78, 5) is 8.98. The SMILES string of the molecule is CCNc1cc(NCC(C)C2CC2)nc(CC)n1. The van der Waals surface area contributed by atoms with E-state index in [9.17, 15) is 0 Å². The first kappa shape index (κ1) is 13.1. The fourth-order valence-corrected chi connectivity index (χ4v) is 2.11. The van der Waals surface area contributed by atoms with E-state index < -0.39 is 0 Å². The molecule has 0 aliphatic heterocycles. The minimum Gasteiger partial charge on any atom is -0.370 e. The van der Waals surface area contributed by atoms with Crippen LogP contribution in [0.15, 0.2) is 6.07 Å². The molecular formula is C14H24N4. The third kappa shape index (κ3) is 3.59. The highest BCUT2D eigenvalue weighted by Crippen LogP contribution is 2.36. The van der Waals surface area contributed by atoms with Crippen LogP contribution in [0.2, 0.25) is 0 Å². The van der Waals surface area contributed by atoms with Crippen molar-refractivity contribution in [3.8, 4) is 0 Å². The zero-order chi connectivity index (χ0) is 13.0. The maximum Gasteiger partial charge on any atom is 0.132 e. The second-order valence-electron chi connectivity index (χ2n) is 5.13. The molecule has 0 saturated heterocycles. The van der Waals surface area contributed by atoms with Gasteiger partial charge in [-0.15, -0.1) is 0 Å². The summed E-state index contributed by atoms with van der Waals surface area (Å²) < 4.78 is 0. The normalized spacial score (nSPS) is 16.4. The summed E-state index contributed by atoms with van der Waals surface area (Å²) in [6.45, 7) is 8.38. The van der Waals surface area contributed by atoms with Crippen molar-refractivity contribution in [1.29, 1.82) is 0 Å². The number of nitrogens with one attached hydrogen (secondary N) is 2. The average Bonchev–Trinajstić information content (AvgIpc) is 3.20.